The van der Waals surface area contributed by atoms with Crippen LogP contribution in [-0.2, 0) is 19.0 Å². The van der Waals surface area contributed by atoms with Crippen LogP contribution in [0.1, 0.15) is 71.7 Å². The molecule has 0 bridgehead atoms. The molecule has 1 amide bonds. The van der Waals surface area contributed by atoms with Crippen molar-refractivity contribution in [3.8, 4) is 11.5 Å². The Bertz CT molecular complexity index is 778. The van der Waals surface area contributed by atoms with Gasteiger partial charge in [-0.25, -0.2) is 9.59 Å². The molecule has 1 heterocycles. The van der Waals surface area contributed by atoms with Crippen molar-refractivity contribution < 1.29 is 43.5 Å². The van der Waals surface area contributed by atoms with Gasteiger partial charge in [0.25, 0.3) is 0 Å². The topological polar surface area (TPSA) is 133 Å². The number of amides is 1. The number of rotatable bonds is 12. The molecule has 1 aromatic carbocycles. The SMILES string of the molecule is CCCCOc1ccc(C(O)O)cc1OC(=O)C(NC(=O)OC(C)C)C(C)OC1CCCCO1. The Labute approximate surface area is 200 Å². The maximum absolute atomic E-state index is 13.2. The van der Waals surface area contributed by atoms with Crippen LogP contribution in [0.5, 0.6) is 11.5 Å². The summed E-state index contributed by atoms with van der Waals surface area (Å²) < 4.78 is 27.9. The summed E-state index contributed by atoms with van der Waals surface area (Å²) in [7, 11) is 0. The smallest absolute Gasteiger partial charge is 0.408 e. The highest BCUT2D eigenvalue weighted by atomic mass is 16.7. The second-order valence-corrected chi connectivity index (χ2v) is 8.42. The van der Waals surface area contributed by atoms with Gasteiger partial charge in [-0.3, -0.25) is 0 Å². The number of hydrogen-bond acceptors (Lipinski definition) is 9. The zero-order valence-electron chi connectivity index (χ0n) is 20.3. The first-order chi connectivity index (χ1) is 16.2. The molecule has 1 aliphatic heterocycles. The van der Waals surface area contributed by atoms with E-state index in [2.05, 4.69) is 5.32 Å². The Morgan fingerprint density at radius 2 is 1.94 bits per heavy atom. The summed E-state index contributed by atoms with van der Waals surface area (Å²) in [5, 5.41) is 21.6. The molecular formula is C24H37NO9. The van der Waals surface area contributed by atoms with Crippen LogP contribution in [-0.4, -0.2) is 60.0 Å². The number of alkyl carbamates (subject to hydrolysis) is 1. The number of hydrogen-bond donors (Lipinski definition) is 3. The average molecular weight is 484 g/mol. The van der Waals surface area contributed by atoms with E-state index >= 15 is 0 Å². The number of unbranched alkanes of at least 4 members (excludes halogenated alkanes) is 1. The number of esters is 1. The van der Waals surface area contributed by atoms with Crippen LogP contribution >= 0.6 is 0 Å². The first kappa shape index (κ1) is 27.8. The summed E-state index contributed by atoms with van der Waals surface area (Å²) in [4.78, 5) is 25.5. The number of aliphatic hydroxyl groups is 2. The molecule has 1 saturated heterocycles. The third-order valence-corrected chi connectivity index (χ3v) is 5.08. The van der Waals surface area contributed by atoms with Gasteiger partial charge in [-0.2, -0.15) is 0 Å². The lowest BCUT2D eigenvalue weighted by Gasteiger charge is -2.30. The van der Waals surface area contributed by atoms with Crippen molar-refractivity contribution in [1.82, 2.24) is 5.32 Å². The van der Waals surface area contributed by atoms with Crippen molar-refractivity contribution in [2.45, 2.75) is 90.6 Å². The summed E-state index contributed by atoms with van der Waals surface area (Å²) in [5.74, 6) is -0.565. The summed E-state index contributed by atoms with van der Waals surface area (Å²) in [5.41, 5.74) is 0.120. The highest BCUT2D eigenvalue weighted by Gasteiger charge is 2.33. The van der Waals surface area contributed by atoms with Gasteiger partial charge in [-0.1, -0.05) is 19.4 Å². The van der Waals surface area contributed by atoms with Crippen LogP contribution in [0, 0.1) is 0 Å². The molecule has 1 aliphatic rings. The Morgan fingerprint density at radius 1 is 1.18 bits per heavy atom. The first-order valence-electron chi connectivity index (χ1n) is 11.8. The fourth-order valence-electron chi connectivity index (χ4n) is 3.26. The average Bonchev–Trinajstić information content (AvgIpc) is 2.78. The molecule has 192 valence electrons. The van der Waals surface area contributed by atoms with Gasteiger partial charge >= 0.3 is 12.1 Å². The lowest BCUT2D eigenvalue weighted by atomic mass is 10.1. The largest absolute Gasteiger partial charge is 0.490 e. The zero-order valence-corrected chi connectivity index (χ0v) is 20.3. The second kappa shape index (κ2) is 14.1. The van der Waals surface area contributed by atoms with Crippen molar-refractivity contribution >= 4 is 12.1 Å². The third-order valence-electron chi connectivity index (χ3n) is 5.08. The van der Waals surface area contributed by atoms with Crippen molar-refractivity contribution in [2.75, 3.05) is 13.2 Å². The van der Waals surface area contributed by atoms with Crippen LogP contribution in [0.4, 0.5) is 4.79 Å². The standard InChI is InChI=1S/C24H37NO9/c1-5-6-12-30-18-11-10-17(22(26)27)14-19(18)34-23(28)21(25-24(29)32-15(2)3)16(4)33-20-9-7-8-13-31-20/h10-11,14-16,20-22,26-27H,5-9,12-13H2,1-4H3,(H,25,29). The fourth-order valence-corrected chi connectivity index (χ4v) is 3.26. The predicted octanol–water partition coefficient (Wildman–Crippen LogP) is 3.19. The quantitative estimate of drug-likeness (QED) is 0.177. The van der Waals surface area contributed by atoms with Crippen LogP contribution in [0.15, 0.2) is 18.2 Å². The lowest BCUT2D eigenvalue weighted by Crippen LogP contribution is -2.52. The molecule has 0 aliphatic carbocycles. The van der Waals surface area contributed by atoms with E-state index in [1.807, 2.05) is 6.92 Å². The van der Waals surface area contributed by atoms with Gasteiger partial charge < -0.3 is 39.2 Å². The molecule has 1 aromatic rings. The molecule has 0 saturated carbocycles. The van der Waals surface area contributed by atoms with E-state index < -0.39 is 42.9 Å². The molecular weight excluding hydrogens is 446 g/mol. The minimum absolute atomic E-state index is 0.00292. The highest BCUT2D eigenvalue weighted by molar-refractivity contribution is 5.84. The molecule has 3 atom stereocenters. The van der Waals surface area contributed by atoms with E-state index in [0.29, 0.717) is 19.6 Å². The van der Waals surface area contributed by atoms with Crippen LogP contribution in [0.2, 0.25) is 0 Å². The minimum atomic E-state index is -1.76. The monoisotopic (exact) mass is 483 g/mol. The Balaban J connectivity index is 2.22. The Kier molecular flexibility index (Phi) is 11.5. The number of carbonyl (C=O) groups excluding carboxylic acids is 2. The molecule has 3 unspecified atom stereocenters. The molecule has 10 heteroatoms. The number of nitrogens with one attached hydrogen (secondary N) is 1. The highest BCUT2D eigenvalue weighted by Crippen LogP contribution is 2.31. The molecule has 34 heavy (non-hydrogen) atoms. The molecule has 0 aromatic heterocycles. The van der Waals surface area contributed by atoms with Crippen LogP contribution in [0.25, 0.3) is 0 Å². The minimum Gasteiger partial charge on any atom is -0.490 e. The van der Waals surface area contributed by atoms with Crippen molar-refractivity contribution in [3.63, 3.8) is 0 Å². The molecule has 10 nitrogen and oxygen atoms in total. The summed E-state index contributed by atoms with van der Waals surface area (Å²) in [6.07, 6.45) is -0.00563. The normalized spacial score (nSPS) is 17.8. The fraction of sp³-hybridized carbons (Fsp3) is 0.667. The second-order valence-electron chi connectivity index (χ2n) is 8.42. The van der Waals surface area contributed by atoms with E-state index in [-0.39, 0.29) is 17.1 Å². The van der Waals surface area contributed by atoms with Gasteiger partial charge in [-0.05, 0) is 58.6 Å². The Morgan fingerprint density at radius 3 is 2.56 bits per heavy atom. The third kappa shape index (κ3) is 9.09. The first-order valence-corrected chi connectivity index (χ1v) is 11.8. The van der Waals surface area contributed by atoms with Crippen molar-refractivity contribution in [2.24, 2.45) is 0 Å². The number of aliphatic hydroxyl groups excluding tert-OH is 1. The van der Waals surface area contributed by atoms with Crippen molar-refractivity contribution in [3.05, 3.63) is 23.8 Å². The molecule has 0 radical (unpaired) electrons. The summed E-state index contributed by atoms with van der Waals surface area (Å²) >= 11 is 0. The summed E-state index contributed by atoms with van der Waals surface area (Å²) in [6.45, 7) is 7.97. The van der Waals surface area contributed by atoms with Gasteiger partial charge in [0.1, 0.15) is 0 Å². The van der Waals surface area contributed by atoms with Gasteiger partial charge in [0.2, 0.25) is 0 Å². The van der Waals surface area contributed by atoms with Gasteiger partial charge in [0, 0.05) is 12.2 Å². The molecule has 0 spiro atoms. The van der Waals surface area contributed by atoms with E-state index in [1.54, 1.807) is 20.8 Å². The summed E-state index contributed by atoms with van der Waals surface area (Å²) in [6, 6.07) is 3.05. The molecule has 3 N–H and O–H groups in total. The maximum Gasteiger partial charge on any atom is 0.408 e. The van der Waals surface area contributed by atoms with E-state index in [9.17, 15) is 19.8 Å². The van der Waals surface area contributed by atoms with Gasteiger partial charge in [-0.15, -0.1) is 0 Å². The lowest BCUT2D eigenvalue weighted by molar-refractivity contribution is -0.192. The maximum atomic E-state index is 13.2. The number of ether oxygens (including phenoxy) is 5. The number of carbonyl (C=O) groups is 2. The van der Waals surface area contributed by atoms with E-state index in [1.165, 1.54) is 18.2 Å². The van der Waals surface area contributed by atoms with Crippen LogP contribution in [0.3, 0.4) is 0 Å². The Hall–Kier alpha value is -2.40. The van der Waals surface area contributed by atoms with E-state index in [0.717, 1.165) is 25.7 Å². The predicted molar refractivity (Wildman–Crippen MR) is 122 cm³/mol. The van der Waals surface area contributed by atoms with E-state index in [4.69, 9.17) is 23.7 Å². The number of benzene rings is 1. The zero-order chi connectivity index (χ0) is 25.1. The molecule has 2 rings (SSSR count). The van der Waals surface area contributed by atoms with Gasteiger partial charge in [0.05, 0.1) is 18.8 Å². The molecule has 1 fully saturated rings. The van der Waals surface area contributed by atoms with Crippen molar-refractivity contribution in [1.29, 1.82) is 0 Å². The van der Waals surface area contributed by atoms with Crippen LogP contribution < -0.4 is 14.8 Å². The van der Waals surface area contributed by atoms with Gasteiger partial charge in [0.15, 0.2) is 30.1 Å².